The zero-order valence-electron chi connectivity index (χ0n) is 13.3. The molecule has 1 aromatic carbocycles. The van der Waals surface area contributed by atoms with Crippen molar-refractivity contribution in [2.24, 2.45) is 0 Å². The third-order valence-electron chi connectivity index (χ3n) is 2.71. The van der Waals surface area contributed by atoms with Crippen molar-refractivity contribution < 1.29 is 14.3 Å². The molecule has 2 aromatic rings. The molecule has 2 N–H and O–H groups in total. The highest BCUT2D eigenvalue weighted by molar-refractivity contribution is 6.04. The predicted octanol–water partition coefficient (Wildman–Crippen LogP) is 3.68. The van der Waals surface area contributed by atoms with Gasteiger partial charge in [0.2, 0.25) is 0 Å². The third kappa shape index (κ3) is 5.43. The van der Waals surface area contributed by atoms with E-state index < -0.39 is 11.7 Å². The lowest BCUT2D eigenvalue weighted by Crippen LogP contribution is -2.27. The van der Waals surface area contributed by atoms with Gasteiger partial charge >= 0.3 is 6.09 Å². The van der Waals surface area contributed by atoms with Crippen molar-refractivity contribution in [3.8, 4) is 0 Å². The molecule has 23 heavy (non-hydrogen) atoms. The maximum atomic E-state index is 12.0. The van der Waals surface area contributed by atoms with Crippen LogP contribution in [0.25, 0.3) is 0 Å². The van der Waals surface area contributed by atoms with E-state index >= 15 is 0 Å². The summed E-state index contributed by atoms with van der Waals surface area (Å²) >= 11 is 0. The standard InChI is InChI=1S/C17H19N3O3/c1-17(2,3)23-16(22)20-14-8-6-13(7-9-14)19-15(21)12-5-4-10-18-11-12/h4-11H,1-3H3,(H,19,21)(H,20,22). The average molecular weight is 313 g/mol. The highest BCUT2D eigenvalue weighted by Crippen LogP contribution is 2.16. The Balaban J connectivity index is 1.95. The lowest BCUT2D eigenvalue weighted by atomic mass is 10.2. The summed E-state index contributed by atoms with van der Waals surface area (Å²) in [6.07, 6.45) is 2.58. The number of benzene rings is 1. The van der Waals surface area contributed by atoms with E-state index in [1.807, 2.05) is 0 Å². The zero-order valence-corrected chi connectivity index (χ0v) is 13.3. The van der Waals surface area contributed by atoms with Crippen LogP contribution in [0.2, 0.25) is 0 Å². The van der Waals surface area contributed by atoms with E-state index in [2.05, 4.69) is 15.6 Å². The molecule has 6 heteroatoms. The van der Waals surface area contributed by atoms with Crippen LogP contribution in [0.15, 0.2) is 48.8 Å². The number of carbonyl (C=O) groups excluding carboxylic acids is 2. The Labute approximate surface area is 134 Å². The van der Waals surface area contributed by atoms with Crippen molar-refractivity contribution in [3.63, 3.8) is 0 Å². The lowest BCUT2D eigenvalue weighted by Gasteiger charge is -2.19. The molecule has 120 valence electrons. The third-order valence-corrected chi connectivity index (χ3v) is 2.71. The molecule has 0 saturated carbocycles. The van der Waals surface area contributed by atoms with Gasteiger partial charge < -0.3 is 10.1 Å². The minimum Gasteiger partial charge on any atom is -0.444 e. The van der Waals surface area contributed by atoms with E-state index in [4.69, 9.17) is 4.74 Å². The molecule has 0 aliphatic rings. The van der Waals surface area contributed by atoms with Crippen molar-refractivity contribution in [1.29, 1.82) is 0 Å². The second kappa shape index (κ2) is 6.91. The second-order valence-corrected chi connectivity index (χ2v) is 5.90. The number of ether oxygens (including phenoxy) is 1. The van der Waals surface area contributed by atoms with Gasteiger partial charge in [-0.1, -0.05) is 0 Å². The lowest BCUT2D eigenvalue weighted by molar-refractivity contribution is 0.0635. The van der Waals surface area contributed by atoms with Gasteiger partial charge in [0.1, 0.15) is 5.60 Å². The van der Waals surface area contributed by atoms with Gasteiger partial charge in [0.15, 0.2) is 0 Å². The molecule has 0 aliphatic heterocycles. The summed E-state index contributed by atoms with van der Waals surface area (Å²) in [6, 6.07) is 10.1. The Kier molecular flexibility index (Phi) is 4.95. The predicted molar refractivity (Wildman–Crippen MR) is 88.5 cm³/mol. The van der Waals surface area contributed by atoms with Crippen LogP contribution in [0.3, 0.4) is 0 Å². The molecule has 0 radical (unpaired) electrons. The van der Waals surface area contributed by atoms with Crippen LogP contribution >= 0.6 is 0 Å². The number of carbonyl (C=O) groups is 2. The SMILES string of the molecule is CC(C)(C)OC(=O)Nc1ccc(NC(=O)c2cccnc2)cc1. The fourth-order valence-corrected chi connectivity index (χ4v) is 1.76. The molecule has 0 aliphatic carbocycles. The molecule has 0 bridgehead atoms. The molecule has 0 spiro atoms. The minimum atomic E-state index is -0.554. The van der Waals surface area contributed by atoms with Crippen molar-refractivity contribution in [1.82, 2.24) is 4.98 Å². The highest BCUT2D eigenvalue weighted by Gasteiger charge is 2.16. The fourth-order valence-electron chi connectivity index (χ4n) is 1.76. The Morgan fingerprint density at radius 2 is 1.61 bits per heavy atom. The smallest absolute Gasteiger partial charge is 0.412 e. The van der Waals surface area contributed by atoms with Crippen molar-refractivity contribution >= 4 is 23.4 Å². The van der Waals surface area contributed by atoms with Crippen molar-refractivity contribution in [3.05, 3.63) is 54.4 Å². The number of nitrogens with zero attached hydrogens (tertiary/aromatic N) is 1. The molecule has 6 nitrogen and oxygen atoms in total. The molecule has 1 aromatic heterocycles. The first kappa shape index (κ1) is 16.5. The Morgan fingerprint density at radius 3 is 2.13 bits per heavy atom. The Bertz CT molecular complexity index is 676. The van der Waals surface area contributed by atoms with E-state index in [0.717, 1.165) is 0 Å². The van der Waals surface area contributed by atoms with E-state index in [1.54, 1.807) is 63.4 Å². The molecule has 0 fully saturated rings. The number of nitrogens with one attached hydrogen (secondary N) is 2. The van der Waals surface area contributed by atoms with Gasteiger partial charge in [0.05, 0.1) is 5.56 Å². The number of pyridine rings is 1. The van der Waals surface area contributed by atoms with Crippen molar-refractivity contribution in [2.75, 3.05) is 10.6 Å². The minimum absolute atomic E-state index is 0.244. The zero-order chi connectivity index (χ0) is 16.9. The summed E-state index contributed by atoms with van der Waals surface area (Å²) in [6.45, 7) is 5.39. The average Bonchev–Trinajstić information content (AvgIpc) is 2.48. The number of rotatable bonds is 3. The molecule has 0 unspecified atom stereocenters. The van der Waals surface area contributed by atoms with E-state index in [-0.39, 0.29) is 5.91 Å². The van der Waals surface area contributed by atoms with Crippen LogP contribution in [0.1, 0.15) is 31.1 Å². The quantitative estimate of drug-likeness (QED) is 0.905. The number of hydrogen-bond acceptors (Lipinski definition) is 4. The summed E-state index contributed by atoms with van der Waals surface area (Å²) in [5.41, 5.74) is 1.12. The van der Waals surface area contributed by atoms with Crippen LogP contribution in [-0.4, -0.2) is 22.6 Å². The number of amides is 2. The molecular weight excluding hydrogens is 294 g/mol. The molecule has 0 saturated heterocycles. The van der Waals surface area contributed by atoms with Gasteiger partial charge in [-0.25, -0.2) is 4.79 Å². The van der Waals surface area contributed by atoms with Gasteiger partial charge in [0.25, 0.3) is 5.91 Å². The summed E-state index contributed by atoms with van der Waals surface area (Å²) in [7, 11) is 0. The van der Waals surface area contributed by atoms with E-state index in [0.29, 0.717) is 16.9 Å². The summed E-state index contributed by atoms with van der Waals surface area (Å²) < 4.78 is 5.17. The van der Waals surface area contributed by atoms with E-state index in [9.17, 15) is 9.59 Å². The van der Waals surface area contributed by atoms with Gasteiger partial charge in [0, 0.05) is 23.8 Å². The maximum absolute atomic E-state index is 12.0. The van der Waals surface area contributed by atoms with Crippen LogP contribution in [0.4, 0.5) is 16.2 Å². The molecule has 1 heterocycles. The molecule has 0 atom stereocenters. The molecule has 2 rings (SSSR count). The first-order valence-electron chi connectivity index (χ1n) is 7.15. The number of anilines is 2. The van der Waals surface area contributed by atoms with Gasteiger partial charge in [-0.3, -0.25) is 15.1 Å². The van der Waals surface area contributed by atoms with E-state index in [1.165, 1.54) is 6.20 Å². The molecular formula is C17H19N3O3. The van der Waals surface area contributed by atoms with Crippen molar-refractivity contribution in [2.45, 2.75) is 26.4 Å². The summed E-state index contributed by atoms with van der Waals surface area (Å²) in [5.74, 6) is -0.244. The van der Waals surface area contributed by atoms with Crippen LogP contribution in [0, 0.1) is 0 Å². The monoisotopic (exact) mass is 313 g/mol. The summed E-state index contributed by atoms with van der Waals surface area (Å²) in [4.78, 5) is 27.6. The maximum Gasteiger partial charge on any atom is 0.412 e. The number of aromatic nitrogens is 1. The first-order chi connectivity index (χ1) is 10.8. The normalized spacial score (nSPS) is 10.7. The second-order valence-electron chi connectivity index (χ2n) is 5.90. The van der Waals surface area contributed by atoms with Crippen LogP contribution in [-0.2, 0) is 4.74 Å². The topological polar surface area (TPSA) is 80.3 Å². The van der Waals surface area contributed by atoms with Gasteiger partial charge in [-0.15, -0.1) is 0 Å². The number of hydrogen-bond donors (Lipinski definition) is 2. The highest BCUT2D eigenvalue weighted by atomic mass is 16.6. The first-order valence-corrected chi connectivity index (χ1v) is 7.15. The Morgan fingerprint density at radius 1 is 1.00 bits per heavy atom. The van der Waals surface area contributed by atoms with Gasteiger partial charge in [-0.2, -0.15) is 0 Å². The van der Waals surface area contributed by atoms with Crippen LogP contribution in [0.5, 0.6) is 0 Å². The van der Waals surface area contributed by atoms with Crippen LogP contribution < -0.4 is 10.6 Å². The Hall–Kier alpha value is -2.89. The fraction of sp³-hybridized carbons (Fsp3) is 0.235. The summed E-state index contributed by atoms with van der Waals surface area (Å²) in [5, 5.41) is 5.38. The largest absolute Gasteiger partial charge is 0.444 e. The molecule has 2 amide bonds. The van der Waals surface area contributed by atoms with Gasteiger partial charge in [-0.05, 0) is 57.2 Å².